The van der Waals surface area contributed by atoms with Crippen LogP contribution < -0.4 is 4.74 Å². The van der Waals surface area contributed by atoms with Crippen LogP contribution in [-0.4, -0.2) is 36.2 Å². The number of rotatable bonds is 5. The standard InChI is InChI=1S/C25H19F9N6O.Pt/c1-12-6-15(36-19(7-12)39-10-17(23(26,27)28)35-13(39)2)22(3,4)16-8-14(41-5)9-20(37-16)40-11-18(24(29,30)31)38-21(40)25(32,33)34;/h6-9H,1-5H3;/q-2;+2. The first-order chi connectivity index (χ1) is 18.7. The predicted octanol–water partition coefficient (Wildman–Crippen LogP) is 6.45. The minimum Gasteiger partial charge on any atom is -0.498 e. The first-order valence-electron chi connectivity index (χ1n) is 11.5. The molecule has 0 aliphatic rings. The third-order valence-corrected chi connectivity index (χ3v) is 5.97. The second-order valence-electron chi connectivity index (χ2n) is 9.44. The van der Waals surface area contributed by atoms with Crippen molar-refractivity contribution in [3.8, 4) is 17.4 Å². The number of ether oxygens (including phenoxy) is 1. The molecule has 0 atom stereocenters. The van der Waals surface area contributed by atoms with Gasteiger partial charge in [-0.25, -0.2) is 0 Å². The fourth-order valence-electron chi connectivity index (χ4n) is 3.85. The number of aryl methyl sites for hydroxylation is 2. The Bertz CT molecular complexity index is 1600. The van der Waals surface area contributed by atoms with Gasteiger partial charge in [-0.05, 0) is 32.9 Å². The molecule has 7 nitrogen and oxygen atoms in total. The van der Waals surface area contributed by atoms with Crippen molar-refractivity contribution in [1.82, 2.24) is 29.1 Å². The molecule has 0 saturated carbocycles. The molecule has 0 amide bonds. The number of hydrogen-bond donors (Lipinski definition) is 0. The third-order valence-electron chi connectivity index (χ3n) is 5.97. The van der Waals surface area contributed by atoms with Gasteiger partial charge >= 0.3 is 39.6 Å². The molecule has 228 valence electrons. The topological polar surface area (TPSA) is 70.7 Å². The van der Waals surface area contributed by atoms with Gasteiger partial charge in [0, 0.05) is 40.3 Å². The van der Waals surface area contributed by atoms with E-state index in [0.717, 1.165) is 10.6 Å². The van der Waals surface area contributed by atoms with Gasteiger partial charge < -0.3 is 18.9 Å². The fraction of sp³-hybridized carbons (Fsp3) is 0.360. The number of hydrogen-bond acceptors (Lipinski definition) is 5. The number of nitrogens with zero attached hydrogens (tertiary/aromatic N) is 6. The van der Waals surface area contributed by atoms with E-state index in [9.17, 15) is 39.5 Å². The maximum Gasteiger partial charge on any atom is 2.00 e. The van der Waals surface area contributed by atoms with Gasteiger partial charge in [-0.1, -0.05) is 30.9 Å². The maximum absolute atomic E-state index is 13.7. The molecule has 42 heavy (non-hydrogen) atoms. The third kappa shape index (κ3) is 6.47. The van der Waals surface area contributed by atoms with Crippen molar-refractivity contribution in [3.63, 3.8) is 0 Å². The maximum atomic E-state index is 13.7. The van der Waals surface area contributed by atoms with Gasteiger partial charge in [-0.3, -0.25) is 15.0 Å². The summed E-state index contributed by atoms with van der Waals surface area (Å²) in [6, 6.07) is 5.38. The van der Waals surface area contributed by atoms with Crippen LogP contribution in [0.5, 0.6) is 5.75 Å². The van der Waals surface area contributed by atoms with Crippen molar-refractivity contribution in [2.75, 3.05) is 7.11 Å². The SMILES string of the molecule is COc1cc(-n2[c-]c(C(F)(F)F)nc2C(F)(F)F)nc(C(C)(C)c2cc(C)cc(-n3[c-]c(C(F)(F)F)nc3C)n2)c1.[Pt+2]. The summed E-state index contributed by atoms with van der Waals surface area (Å²) in [7, 11) is 1.19. The average Bonchev–Trinajstić information content (AvgIpc) is 3.48. The summed E-state index contributed by atoms with van der Waals surface area (Å²) >= 11 is 0. The first kappa shape index (κ1) is 33.1. The number of methoxy groups -OCH3 is 1. The van der Waals surface area contributed by atoms with Crippen molar-refractivity contribution >= 4 is 0 Å². The van der Waals surface area contributed by atoms with Crippen molar-refractivity contribution in [2.24, 2.45) is 0 Å². The van der Waals surface area contributed by atoms with E-state index in [0.29, 0.717) is 5.56 Å². The minimum absolute atomic E-state index is 0. The van der Waals surface area contributed by atoms with E-state index in [2.05, 4.69) is 26.1 Å². The monoisotopic (exact) mass is 785 g/mol. The number of imidazole rings is 2. The molecule has 4 aromatic rings. The van der Waals surface area contributed by atoms with Gasteiger partial charge in [0.2, 0.25) is 0 Å². The fourth-order valence-corrected chi connectivity index (χ4v) is 3.85. The number of aromatic nitrogens is 6. The molecule has 0 bridgehead atoms. The smallest absolute Gasteiger partial charge is 0.498 e. The molecule has 0 aromatic carbocycles. The zero-order chi connectivity index (χ0) is 30.7. The van der Waals surface area contributed by atoms with Crippen LogP contribution in [-0.2, 0) is 45.0 Å². The van der Waals surface area contributed by atoms with Crippen LogP contribution >= 0.6 is 0 Å². The molecule has 0 aliphatic heterocycles. The van der Waals surface area contributed by atoms with E-state index in [1.54, 1.807) is 33.0 Å². The Labute approximate surface area is 247 Å². The summed E-state index contributed by atoms with van der Waals surface area (Å²) in [5, 5.41) is 0. The Balaban J connectivity index is 0.00000484. The zero-order valence-corrected chi connectivity index (χ0v) is 24.4. The molecular weight excluding hydrogens is 766 g/mol. The molecule has 4 aromatic heterocycles. The number of alkyl halides is 9. The second kappa shape index (κ2) is 11.0. The molecule has 0 spiro atoms. The average molecular weight is 786 g/mol. The van der Waals surface area contributed by atoms with Crippen LogP contribution in [0.1, 0.15) is 53.8 Å². The van der Waals surface area contributed by atoms with E-state index < -0.39 is 47.0 Å². The predicted molar refractivity (Wildman–Crippen MR) is 124 cm³/mol. The Kier molecular flexibility index (Phi) is 8.67. The molecule has 0 aliphatic carbocycles. The summed E-state index contributed by atoms with van der Waals surface area (Å²) in [4.78, 5) is 14.8. The van der Waals surface area contributed by atoms with Crippen LogP contribution in [0.3, 0.4) is 0 Å². The van der Waals surface area contributed by atoms with Gasteiger partial charge in [-0.15, -0.1) is 0 Å². The van der Waals surface area contributed by atoms with Crippen LogP contribution in [0.2, 0.25) is 0 Å². The zero-order valence-electron chi connectivity index (χ0n) is 22.1. The van der Waals surface area contributed by atoms with Crippen molar-refractivity contribution < 1.29 is 65.3 Å². The van der Waals surface area contributed by atoms with Crippen molar-refractivity contribution in [3.05, 3.63) is 76.6 Å². The normalized spacial score (nSPS) is 12.8. The molecule has 0 N–H and O–H groups in total. The van der Waals surface area contributed by atoms with Gasteiger partial charge in [0.1, 0.15) is 11.6 Å². The molecule has 0 fully saturated rings. The van der Waals surface area contributed by atoms with Crippen LogP contribution in [0, 0.1) is 26.2 Å². The van der Waals surface area contributed by atoms with Gasteiger partial charge in [0.15, 0.2) is 0 Å². The summed E-state index contributed by atoms with van der Waals surface area (Å²) in [5.74, 6) is -2.62. The first-order valence-corrected chi connectivity index (χ1v) is 11.5. The second-order valence-corrected chi connectivity index (χ2v) is 9.44. The Morgan fingerprint density at radius 2 is 1.17 bits per heavy atom. The van der Waals surface area contributed by atoms with Gasteiger partial charge in [0.25, 0.3) is 0 Å². The molecular formula is C25H19F9N6OPt. The summed E-state index contributed by atoms with van der Waals surface area (Å²) in [6.07, 6.45) is -11.5. The van der Waals surface area contributed by atoms with E-state index in [1.807, 2.05) is 0 Å². The summed E-state index contributed by atoms with van der Waals surface area (Å²) in [5.41, 5.74) is -3.64. The van der Waals surface area contributed by atoms with Crippen LogP contribution in [0.15, 0.2) is 24.3 Å². The van der Waals surface area contributed by atoms with E-state index in [-0.39, 0.29) is 54.4 Å². The molecule has 4 heterocycles. The van der Waals surface area contributed by atoms with Crippen molar-refractivity contribution in [2.45, 2.75) is 51.6 Å². The Hall–Kier alpha value is -3.42. The molecule has 0 radical (unpaired) electrons. The van der Waals surface area contributed by atoms with Crippen molar-refractivity contribution in [1.29, 1.82) is 0 Å². The molecule has 0 saturated heterocycles. The molecule has 4 rings (SSSR count). The summed E-state index contributed by atoms with van der Waals surface area (Å²) < 4.78 is 126. The van der Waals surface area contributed by atoms with E-state index in [4.69, 9.17) is 4.74 Å². The Morgan fingerprint density at radius 1 is 0.667 bits per heavy atom. The largest absolute Gasteiger partial charge is 2.00 e. The molecule has 0 unspecified atom stereocenters. The van der Waals surface area contributed by atoms with Gasteiger partial charge in [0.05, 0.1) is 18.5 Å². The van der Waals surface area contributed by atoms with E-state index >= 15 is 0 Å². The van der Waals surface area contributed by atoms with E-state index in [1.165, 1.54) is 26.2 Å². The minimum atomic E-state index is -5.29. The molecule has 17 heteroatoms. The van der Waals surface area contributed by atoms with Crippen LogP contribution in [0.4, 0.5) is 39.5 Å². The van der Waals surface area contributed by atoms with Crippen LogP contribution in [0.25, 0.3) is 11.6 Å². The quantitative estimate of drug-likeness (QED) is 0.172. The Morgan fingerprint density at radius 3 is 1.67 bits per heavy atom. The number of pyridine rings is 2. The van der Waals surface area contributed by atoms with Gasteiger partial charge in [-0.2, -0.15) is 39.5 Å². The number of halogens is 9. The summed E-state index contributed by atoms with van der Waals surface area (Å²) in [6.45, 7) is 6.10.